The van der Waals surface area contributed by atoms with Crippen molar-refractivity contribution in [3.05, 3.63) is 89.2 Å². The number of fused-ring (bicyclic) bond motifs is 1. The van der Waals surface area contributed by atoms with Crippen LogP contribution < -0.4 is 10.6 Å². The maximum absolute atomic E-state index is 13.0. The van der Waals surface area contributed by atoms with Crippen molar-refractivity contribution in [1.29, 1.82) is 0 Å². The van der Waals surface area contributed by atoms with Gasteiger partial charge in [0.25, 0.3) is 5.91 Å². The average Bonchev–Trinajstić information content (AvgIpc) is 3.10. The van der Waals surface area contributed by atoms with Gasteiger partial charge in [-0.25, -0.2) is 13.4 Å². The van der Waals surface area contributed by atoms with E-state index in [1.54, 1.807) is 77.4 Å². The topological polar surface area (TPSA) is 110 Å². The molecule has 3 aromatic carbocycles. The Labute approximate surface area is 201 Å². The first-order chi connectivity index (χ1) is 16.2. The van der Waals surface area contributed by atoms with Gasteiger partial charge in [0.1, 0.15) is 18.1 Å². The number of imidazole rings is 1. The van der Waals surface area contributed by atoms with Crippen LogP contribution in [0.5, 0.6) is 0 Å². The first kappa shape index (κ1) is 23.5. The molecule has 10 heteroatoms. The maximum Gasteiger partial charge on any atom is 0.255 e. The van der Waals surface area contributed by atoms with Crippen LogP contribution >= 0.6 is 11.6 Å². The van der Waals surface area contributed by atoms with E-state index in [0.29, 0.717) is 33.0 Å². The zero-order valence-corrected chi connectivity index (χ0v) is 19.7. The summed E-state index contributed by atoms with van der Waals surface area (Å²) in [5, 5.41) is 6.10. The number of benzene rings is 3. The number of rotatable bonds is 7. The van der Waals surface area contributed by atoms with Crippen molar-refractivity contribution < 1.29 is 18.0 Å². The van der Waals surface area contributed by atoms with Gasteiger partial charge in [0.2, 0.25) is 5.91 Å². The van der Waals surface area contributed by atoms with E-state index in [-0.39, 0.29) is 24.0 Å². The number of hydrogen-bond acceptors (Lipinski definition) is 5. The number of nitrogens with zero attached hydrogens (tertiary/aromatic N) is 2. The predicted octanol–water partition coefficient (Wildman–Crippen LogP) is 4.13. The highest BCUT2D eigenvalue weighted by molar-refractivity contribution is 7.89. The number of halogens is 1. The van der Waals surface area contributed by atoms with E-state index in [1.807, 2.05) is 0 Å². The third-order valence-corrected chi connectivity index (χ3v) is 6.02. The van der Waals surface area contributed by atoms with Crippen LogP contribution in [0.15, 0.2) is 72.8 Å². The molecule has 0 atom stereocenters. The van der Waals surface area contributed by atoms with Gasteiger partial charge in [-0.1, -0.05) is 35.9 Å². The molecular formula is C24H21ClN4O4S. The molecule has 0 radical (unpaired) electrons. The number of sulfone groups is 1. The molecule has 0 bridgehead atoms. The van der Waals surface area contributed by atoms with E-state index in [0.717, 1.165) is 6.26 Å². The number of anilines is 2. The molecule has 174 valence electrons. The van der Waals surface area contributed by atoms with Crippen LogP contribution in [0.1, 0.15) is 16.2 Å². The van der Waals surface area contributed by atoms with Crippen molar-refractivity contribution in [1.82, 2.24) is 9.55 Å². The van der Waals surface area contributed by atoms with E-state index in [4.69, 9.17) is 11.6 Å². The Morgan fingerprint density at radius 1 is 0.912 bits per heavy atom. The predicted molar refractivity (Wildman–Crippen MR) is 133 cm³/mol. The summed E-state index contributed by atoms with van der Waals surface area (Å²) in [6.07, 6.45) is 1.12. The molecule has 4 rings (SSSR count). The summed E-state index contributed by atoms with van der Waals surface area (Å²) in [6.45, 7) is -0.148. The molecule has 0 saturated heterocycles. The normalized spacial score (nSPS) is 11.4. The molecule has 8 nitrogen and oxygen atoms in total. The number of carbonyl (C=O) groups is 2. The zero-order valence-electron chi connectivity index (χ0n) is 18.2. The SMILES string of the molecule is CS(=O)(=O)Cc1nc2ccccc2n1CC(=O)Nc1ccccc1NC(=O)c1ccc(Cl)cc1. The smallest absolute Gasteiger partial charge is 0.255 e. The minimum absolute atomic E-state index is 0.148. The van der Waals surface area contributed by atoms with Gasteiger partial charge in [0, 0.05) is 16.8 Å². The zero-order chi connectivity index (χ0) is 24.3. The Bertz CT molecular complexity index is 1480. The van der Waals surface area contributed by atoms with Crippen LogP contribution in [0.25, 0.3) is 11.0 Å². The Morgan fingerprint density at radius 2 is 1.53 bits per heavy atom. The van der Waals surface area contributed by atoms with Gasteiger partial charge in [-0.05, 0) is 48.5 Å². The fourth-order valence-corrected chi connectivity index (χ4v) is 4.29. The van der Waals surface area contributed by atoms with Crippen molar-refractivity contribution in [2.24, 2.45) is 0 Å². The second-order valence-electron chi connectivity index (χ2n) is 7.73. The summed E-state index contributed by atoms with van der Waals surface area (Å²) >= 11 is 5.88. The Kier molecular flexibility index (Phi) is 6.67. The first-order valence-electron chi connectivity index (χ1n) is 10.3. The summed E-state index contributed by atoms with van der Waals surface area (Å²) in [6, 6.07) is 20.4. The fraction of sp³-hybridized carbons (Fsp3) is 0.125. The van der Waals surface area contributed by atoms with Gasteiger partial charge in [0.15, 0.2) is 9.84 Å². The average molecular weight is 497 g/mol. The van der Waals surface area contributed by atoms with Crippen LogP contribution in [0.3, 0.4) is 0 Å². The lowest BCUT2D eigenvalue weighted by molar-refractivity contribution is -0.116. The second-order valence-corrected chi connectivity index (χ2v) is 10.3. The largest absolute Gasteiger partial charge is 0.323 e. The number of carbonyl (C=O) groups excluding carboxylic acids is 2. The molecule has 2 N–H and O–H groups in total. The van der Waals surface area contributed by atoms with E-state index >= 15 is 0 Å². The van der Waals surface area contributed by atoms with Gasteiger partial charge in [-0.3, -0.25) is 9.59 Å². The molecule has 0 saturated carbocycles. The lowest BCUT2D eigenvalue weighted by Crippen LogP contribution is -2.22. The van der Waals surface area contributed by atoms with Crippen molar-refractivity contribution >= 4 is 55.7 Å². The second kappa shape index (κ2) is 9.66. The highest BCUT2D eigenvalue weighted by Gasteiger charge is 2.18. The Morgan fingerprint density at radius 3 is 2.21 bits per heavy atom. The minimum atomic E-state index is -3.36. The van der Waals surface area contributed by atoms with Crippen molar-refractivity contribution in [2.75, 3.05) is 16.9 Å². The summed E-state index contributed by atoms with van der Waals surface area (Å²) in [4.78, 5) is 29.9. The lowest BCUT2D eigenvalue weighted by Gasteiger charge is -2.14. The fourth-order valence-electron chi connectivity index (χ4n) is 3.48. The molecule has 0 fully saturated rings. The van der Waals surface area contributed by atoms with E-state index in [2.05, 4.69) is 15.6 Å². The molecule has 0 unspecified atom stereocenters. The Hall–Kier alpha value is -3.69. The number of para-hydroxylation sites is 4. The summed E-state index contributed by atoms with van der Waals surface area (Å²) < 4.78 is 25.4. The van der Waals surface area contributed by atoms with Gasteiger partial charge in [-0.15, -0.1) is 0 Å². The third-order valence-electron chi connectivity index (χ3n) is 4.98. The molecule has 1 aromatic heterocycles. The quantitative estimate of drug-likeness (QED) is 0.400. The van der Waals surface area contributed by atoms with Gasteiger partial charge in [0.05, 0.1) is 22.4 Å². The molecule has 0 aliphatic rings. The van der Waals surface area contributed by atoms with Crippen LogP contribution in [0, 0.1) is 0 Å². The van der Waals surface area contributed by atoms with E-state index < -0.39 is 15.7 Å². The summed E-state index contributed by atoms with van der Waals surface area (Å²) in [7, 11) is -3.36. The van der Waals surface area contributed by atoms with Crippen LogP contribution in [0.2, 0.25) is 5.02 Å². The first-order valence-corrected chi connectivity index (χ1v) is 12.7. The standard InChI is InChI=1S/C24H21ClN4O4S/c1-34(32,33)15-22-26-20-8-4-5-9-21(20)29(22)14-23(30)27-18-6-2-3-7-19(18)28-24(31)16-10-12-17(25)13-11-16/h2-13H,14-15H2,1H3,(H,27,30)(H,28,31). The molecule has 1 heterocycles. The number of amides is 2. The third kappa shape index (κ3) is 5.62. The molecular weight excluding hydrogens is 476 g/mol. The van der Waals surface area contributed by atoms with E-state index in [1.165, 1.54) is 0 Å². The molecule has 0 aliphatic carbocycles. The lowest BCUT2D eigenvalue weighted by atomic mass is 10.2. The minimum Gasteiger partial charge on any atom is -0.323 e. The van der Waals surface area contributed by atoms with Crippen LogP contribution in [0.4, 0.5) is 11.4 Å². The van der Waals surface area contributed by atoms with Crippen LogP contribution in [-0.4, -0.2) is 36.0 Å². The van der Waals surface area contributed by atoms with Crippen molar-refractivity contribution in [2.45, 2.75) is 12.3 Å². The number of nitrogens with one attached hydrogen (secondary N) is 2. The van der Waals surface area contributed by atoms with Gasteiger partial charge < -0.3 is 15.2 Å². The molecule has 34 heavy (non-hydrogen) atoms. The van der Waals surface area contributed by atoms with Crippen molar-refractivity contribution in [3.63, 3.8) is 0 Å². The number of aromatic nitrogens is 2. The van der Waals surface area contributed by atoms with Crippen molar-refractivity contribution in [3.8, 4) is 0 Å². The number of hydrogen-bond donors (Lipinski definition) is 2. The highest BCUT2D eigenvalue weighted by atomic mass is 35.5. The van der Waals surface area contributed by atoms with Crippen LogP contribution in [-0.2, 0) is 26.9 Å². The van der Waals surface area contributed by atoms with Gasteiger partial charge in [-0.2, -0.15) is 0 Å². The van der Waals surface area contributed by atoms with E-state index in [9.17, 15) is 18.0 Å². The molecule has 2 amide bonds. The molecule has 4 aromatic rings. The summed E-state index contributed by atoms with van der Waals surface area (Å²) in [5.41, 5.74) is 2.50. The summed E-state index contributed by atoms with van der Waals surface area (Å²) in [5.74, 6) is -0.758. The van der Waals surface area contributed by atoms with Gasteiger partial charge >= 0.3 is 0 Å². The molecule has 0 spiro atoms. The Balaban J connectivity index is 1.55. The molecule has 0 aliphatic heterocycles. The maximum atomic E-state index is 13.0. The monoisotopic (exact) mass is 496 g/mol. The highest BCUT2D eigenvalue weighted by Crippen LogP contribution is 2.23.